The van der Waals surface area contributed by atoms with Gasteiger partial charge in [0, 0.05) is 31.6 Å². The van der Waals surface area contributed by atoms with Crippen LogP contribution in [0.4, 0.5) is 0 Å². The third kappa shape index (κ3) is 3.56. The van der Waals surface area contributed by atoms with Crippen LogP contribution in [0.15, 0.2) is 24.3 Å². The number of halogens is 1. The van der Waals surface area contributed by atoms with Crippen molar-refractivity contribution in [2.24, 2.45) is 7.05 Å². The summed E-state index contributed by atoms with van der Waals surface area (Å²) in [6.45, 7) is 1.93. The number of rotatable bonds is 7. The number of methoxy groups -OCH3 is 1. The summed E-state index contributed by atoms with van der Waals surface area (Å²) in [5.74, 6) is -0.200. The van der Waals surface area contributed by atoms with E-state index in [1.807, 2.05) is 31.3 Å². The predicted molar refractivity (Wildman–Crippen MR) is 83.0 cm³/mol. The minimum absolute atomic E-state index is 0.200. The Hall–Kier alpha value is -1.56. The van der Waals surface area contributed by atoms with Crippen molar-refractivity contribution in [3.63, 3.8) is 0 Å². The molecule has 1 heterocycles. The number of ether oxygens (including phenoxy) is 2. The van der Waals surface area contributed by atoms with Crippen molar-refractivity contribution >= 4 is 28.4 Å². The maximum Gasteiger partial charge on any atom is 0.269 e. The molecule has 0 spiro atoms. The zero-order chi connectivity index (χ0) is 15.2. The molecule has 21 heavy (non-hydrogen) atoms. The molecule has 0 aliphatic carbocycles. The molecular weight excluding hydrogens is 292 g/mol. The lowest BCUT2D eigenvalue weighted by molar-refractivity contribution is 0.0691. The topological polar surface area (TPSA) is 52.5 Å². The van der Waals surface area contributed by atoms with Crippen LogP contribution in [0, 0.1) is 0 Å². The van der Waals surface area contributed by atoms with E-state index < -0.39 is 0 Å². The van der Waals surface area contributed by atoms with Gasteiger partial charge in [0.1, 0.15) is 5.69 Å². The Bertz CT molecular complexity index is 586. The highest BCUT2D eigenvalue weighted by Crippen LogP contribution is 2.29. The molecule has 0 saturated carbocycles. The van der Waals surface area contributed by atoms with Gasteiger partial charge >= 0.3 is 0 Å². The SMILES string of the molecule is COCCOCCNC(=O)c1c(Cl)c2ccccc2n1C. The Morgan fingerprint density at radius 2 is 2.05 bits per heavy atom. The van der Waals surface area contributed by atoms with Gasteiger partial charge in [-0.3, -0.25) is 4.79 Å². The van der Waals surface area contributed by atoms with Gasteiger partial charge in [0.15, 0.2) is 0 Å². The molecule has 0 bridgehead atoms. The van der Waals surface area contributed by atoms with E-state index in [2.05, 4.69) is 5.32 Å². The third-order valence-corrected chi connectivity index (χ3v) is 3.61. The number of carbonyl (C=O) groups is 1. The fourth-order valence-electron chi connectivity index (χ4n) is 2.16. The smallest absolute Gasteiger partial charge is 0.269 e. The highest BCUT2D eigenvalue weighted by molar-refractivity contribution is 6.38. The van der Waals surface area contributed by atoms with Crippen molar-refractivity contribution in [2.75, 3.05) is 33.5 Å². The molecule has 1 aromatic carbocycles. The van der Waals surface area contributed by atoms with Gasteiger partial charge in [-0.25, -0.2) is 0 Å². The van der Waals surface area contributed by atoms with Gasteiger partial charge in [-0.05, 0) is 6.07 Å². The maximum atomic E-state index is 12.2. The molecule has 0 fully saturated rings. The molecule has 0 radical (unpaired) electrons. The number of para-hydroxylation sites is 1. The van der Waals surface area contributed by atoms with Crippen LogP contribution in [0.25, 0.3) is 10.9 Å². The normalized spacial score (nSPS) is 11.0. The van der Waals surface area contributed by atoms with E-state index in [0.29, 0.717) is 37.1 Å². The fraction of sp³-hybridized carbons (Fsp3) is 0.400. The van der Waals surface area contributed by atoms with Crippen LogP contribution in [0.3, 0.4) is 0 Å². The molecule has 2 rings (SSSR count). The van der Waals surface area contributed by atoms with Gasteiger partial charge in [0.2, 0.25) is 0 Å². The molecule has 0 atom stereocenters. The summed E-state index contributed by atoms with van der Waals surface area (Å²) in [5, 5.41) is 4.16. The van der Waals surface area contributed by atoms with Crippen molar-refractivity contribution < 1.29 is 14.3 Å². The molecule has 114 valence electrons. The Morgan fingerprint density at radius 1 is 1.29 bits per heavy atom. The molecule has 1 N–H and O–H groups in total. The monoisotopic (exact) mass is 310 g/mol. The first-order valence-electron chi connectivity index (χ1n) is 6.74. The van der Waals surface area contributed by atoms with Crippen LogP contribution < -0.4 is 5.32 Å². The summed E-state index contributed by atoms with van der Waals surface area (Å²) in [6, 6.07) is 7.66. The molecule has 0 aliphatic rings. The largest absolute Gasteiger partial charge is 0.382 e. The number of aryl methyl sites for hydroxylation is 1. The zero-order valence-electron chi connectivity index (χ0n) is 12.2. The second kappa shape index (κ2) is 7.45. The summed E-state index contributed by atoms with van der Waals surface area (Å²) in [5.41, 5.74) is 1.40. The van der Waals surface area contributed by atoms with Crippen LogP contribution in [0.5, 0.6) is 0 Å². The first-order valence-corrected chi connectivity index (χ1v) is 7.12. The summed E-state index contributed by atoms with van der Waals surface area (Å²) >= 11 is 6.31. The second-order valence-electron chi connectivity index (χ2n) is 4.60. The predicted octanol–water partition coefficient (Wildman–Crippen LogP) is 2.22. The van der Waals surface area contributed by atoms with Crippen LogP contribution >= 0.6 is 11.6 Å². The van der Waals surface area contributed by atoms with E-state index in [-0.39, 0.29) is 5.91 Å². The summed E-state index contributed by atoms with van der Waals surface area (Å²) in [6.07, 6.45) is 0. The Labute approximate surface area is 128 Å². The second-order valence-corrected chi connectivity index (χ2v) is 4.98. The number of fused-ring (bicyclic) bond motifs is 1. The summed E-state index contributed by atoms with van der Waals surface area (Å²) in [7, 11) is 3.45. The number of benzene rings is 1. The highest BCUT2D eigenvalue weighted by Gasteiger charge is 2.18. The first kappa shape index (κ1) is 15.8. The van der Waals surface area contributed by atoms with Gasteiger partial charge in [0.25, 0.3) is 5.91 Å². The van der Waals surface area contributed by atoms with Crippen LogP contribution in [0.1, 0.15) is 10.5 Å². The average Bonchev–Trinajstić information content (AvgIpc) is 2.75. The Morgan fingerprint density at radius 3 is 2.76 bits per heavy atom. The molecule has 1 amide bonds. The molecular formula is C15H19ClN2O3. The van der Waals surface area contributed by atoms with Gasteiger partial charge in [-0.15, -0.1) is 0 Å². The molecule has 0 saturated heterocycles. The number of nitrogens with one attached hydrogen (secondary N) is 1. The van der Waals surface area contributed by atoms with E-state index in [0.717, 1.165) is 10.9 Å². The van der Waals surface area contributed by atoms with Gasteiger partial charge in [-0.2, -0.15) is 0 Å². The van der Waals surface area contributed by atoms with E-state index in [9.17, 15) is 4.79 Å². The number of carbonyl (C=O) groups excluding carboxylic acids is 1. The van der Waals surface area contributed by atoms with E-state index in [1.54, 1.807) is 11.7 Å². The van der Waals surface area contributed by atoms with Crippen molar-refractivity contribution in [3.05, 3.63) is 35.0 Å². The molecule has 5 nitrogen and oxygen atoms in total. The maximum absolute atomic E-state index is 12.2. The fourth-order valence-corrected chi connectivity index (χ4v) is 2.54. The van der Waals surface area contributed by atoms with Gasteiger partial charge in [-0.1, -0.05) is 29.8 Å². The lowest BCUT2D eigenvalue weighted by Crippen LogP contribution is -2.29. The lowest BCUT2D eigenvalue weighted by Gasteiger charge is -2.07. The van der Waals surface area contributed by atoms with Crippen LogP contribution in [-0.4, -0.2) is 43.9 Å². The number of amides is 1. The molecule has 2 aromatic rings. The van der Waals surface area contributed by atoms with E-state index in [4.69, 9.17) is 21.1 Å². The van der Waals surface area contributed by atoms with E-state index >= 15 is 0 Å². The van der Waals surface area contributed by atoms with Crippen LogP contribution in [0.2, 0.25) is 5.02 Å². The molecule has 6 heteroatoms. The summed E-state index contributed by atoms with van der Waals surface area (Å²) in [4.78, 5) is 12.2. The Kier molecular flexibility index (Phi) is 5.61. The van der Waals surface area contributed by atoms with Crippen molar-refractivity contribution in [2.45, 2.75) is 0 Å². The van der Waals surface area contributed by atoms with Crippen molar-refractivity contribution in [1.82, 2.24) is 9.88 Å². The van der Waals surface area contributed by atoms with E-state index in [1.165, 1.54) is 0 Å². The lowest BCUT2D eigenvalue weighted by atomic mass is 10.2. The Balaban J connectivity index is 2.00. The number of nitrogens with zero attached hydrogens (tertiary/aromatic N) is 1. The third-order valence-electron chi connectivity index (χ3n) is 3.22. The van der Waals surface area contributed by atoms with Gasteiger partial charge < -0.3 is 19.4 Å². The number of hydrogen-bond acceptors (Lipinski definition) is 3. The average molecular weight is 311 g/mol. The highest BCUT2D eigenvalue weighted by atomic mass is 35.5. The standard InChI is InChI=1S/C15H19ClN2O3/c1-18-12-6-4-3-5-11(12)13(16)14(18)15(19)17-7-8-21-10-9-20-2/h3-6H,7-10H2,1-2H3,(H,17,19). The van der Waals surface area contributed by atoms with Crippen molar-refractivity contribution in [1.29, 1.82) is 0 Å². The minimum atomic E-state index is -0.200. The summed E-state index contributed by atoms with van der Waals surface area (Å²) < 4.78 is 12.0. The zero-order valence-corrected chi connectivity index (χ0v) is 12.9. The van der Waals surface area contributed by atoms with Crippen molar-refractivity contribution in [3.8, 4) is 0 Å². The number of hydrogen-bond donors (Lipinski definition) is 1. The molecule has 0 unspecified atom stereocenters. The molecule has 1 aromatic heterocycles. The number of aromatic nitrogens is 1. The quantitative estimate of drug-likeness (QED) is 0.798. The van der Waals surface area contributed by atoms with Crippen LogP contribution in [-0.2, 0) is 16.5 Å². The minimum Gasteiger partial charge on any atom is -0.382 e. The first-order chi connectivity index (χ1) is 10.2. The molecule has 0 aliphatic heterocycles. The van der Waals surface area contributed by atoms with Gasteiger partial charge in [0.05, 0.1) is 24.8 Å².